The maximum atomic E-state index is 13.8. The second-order valence-electron chi connectivity index (χ2n) is 5.33. The van der Waals surface area contributed by atoms with Gasteiger partial charge in [-0.2, -0.15) is 0 Å². The van der Waals surface area contributed by atoms with Crippen molar-refractivity contribution in [1.82, 2.24) is 5.43 Å². The molecule has 21 heavy (non-hydrogen) atoms. The molecule has 1 unspecified atom stereocenters. The van der Waals surface area contributed by atoms with Gasteiger partial charge in [0.15, 0.2) is 11.4 Å². The van der Waals surface area contributed by atoms with Crippen molar-refractivity contribution in [2.24, 2.45) is 5.84 Å². The highest BCUT2D eigenvalue weighted by Crippen LogP contribution is 2.30. The molecule has 0 aliphatic rings. The molecule has 0 aliphatic carbocycles. The maximum absolute atomic E-state index is 13.8. The molecule has 3 N–H and O–H groups in total. The third-order valence-corrected chi connectivity index (χ3v) is 3.54. The molecule has 4 heteroatoms. The van der Waals surface area contributed by atoms with E-state index in [4.69, 9.17) is 10.3 Å². The molecule has 0 spiro atoms. The van der Waals surface area contributed by atoms with Crippen LogP contribution in [0.3, 0.4) is 0 Å². The smallest absolute Gasteiger partial charge is 0.169 e. The van der Waals surface area contributed by atoms with Crippen molar-refractivity contribution in [2.75, 3.05) is 0 Å². The van der Waals surface area contributed by atoms with Gasteiger partial charge in [-0.3, -0.25) is 5.84 Å². The van der Waals surface area contributed by atoms with Crippen molar-refractivity contribution in [3.05, 3.63) is 70.7 Å². The second-order valence-corrected chi connectivity index (χ2v) is 5.33. The summed E-state index contributed by atoms with van der Waals surface area (Å²) in [6.45, 7) is 4.06. The van der Waals surface area contributed by atoms with Gasteiger partial charge in [0.1, 0.15) is 11.8 Å². The lowest BCUT2D eigenvalue weighted by Crippen LogP contribution is -2.28. The summed E-state index contributed by atoms with van der Waals surface area (Å²) in [5.74, 6) is 5.93. The quantitative estimate of drug-likeness (QED) is 0.569. The first-order chi connectivity index (χ1) is 10.1. The highest BCUT2D eigenvalue weighted by Gasteiger charge is 2.19. The number of hydrazine groups is 1. The summed E-state index contributed by atoms with van der Waals surface area (Å²) < 4.78 is 19.4. The lowest BCUT2D eigenvalue weighted by atomic mass is 10.00. The van der Waals surface area contributed by atoms with Crippen LogP contribution >= 0.6 is 0 Å². The van der Waals surface area contributed by atoms with Crippen molar-refractivity contribution in [3.8, 4) is 0 Å². The molecule has 0 saturated heterocycles. The zero-order chi connectivity index (χ0) is 15.0. The fourth-order valence-electron chi connectivity index (χ4n) is 2.71. The van der Waals surface area contributed by atoms with Crippen LogP contribution in [0.25, 0.3) is 11.0 Å². The first-order valence-corrected chi connectivity index (χ1v) is 6.81. The number of hydrogen-bond donors (Lipinski definition) is 2. The zero-order valence-corrected chi connectivity index (χ0v) is 12.0. The molecular formula is C17H17FN2O. The van der Waals surface area contributed by atoms with Crippen LogP contribution in [0.2, 0.25) is 0 Å². The standard InChI is InChI=1S/C17H17FN2O/c1-10-6-11(2)8-13(7-10)16(20-19)15-9-12-4-3-5-14(18)17(12)21-15/h3-9,16,20H,19H2,1-2H3. The van der Waals surface area contributed by atoms with E-state index in [2.05, 4.69) is 11.5 Å². The largest absolute Gasteiger partial charge is 0.456 e. The van der Waals surface area contributed by atoms with Crippen LogP contribution in [0, 0.1) is 19.7 Å². The highest BCUT2D eigenvalue weighted by atomic mass is 19.1. The molecule has 0 fully saturated rings. The SMILES string of the molecule is Cc1cc(C)cc(C(NN)c2cc3cccc(F)c3o2)c1. The van der Waals surface area contributed by atoms with E-state index in [1.807, 2.05) is 38.1 Å². The van der Waals surface area contributed by atoms with Crippen LogP contribution in [0.5, 0.6) is 0 Å². The molecule has 1 aromatic heterocycles. The Labute approximate surface area is 122 Å². The van der Waals surface area contributed by atoms with Crippen LogP contribution in [-0.4, -0.2) is 0 Å². The molecule has 0 saturated carbocycles. The highest BCUT2D eigenvalue weighted by molar-refractivity contribution is 5.78. The van der Waals surface area contributed by atoms with E-state index in [0.717, 1.165) is 22.1 Å². The maximum Gasteiger partial charge on any atom is 0.169 e. The Kier molecular flexibility index (Phi) is 3.49. The fraction of sp³-hybridized carbons (Fsp3) is 0.176. The minimum atomic E-state index is -0.366. The fourth-order valence-corrected chi connectivity index (χ4v) is 2.71. The van der Waals surface area contributed by atoms with E-state index in [0.29, 0.717) is 5.76 Å². The first kappa shape index (κ1) is 13.8. The minimum Gasteiger partial charge on any atom is -0.456 e. The van der Waals surface area contributed by atoms with Gasteiger partial charge in [0, 0.05) is 5.39 Å². The van der Waals surface area contributed by atoms with Gasteiger partial charge in [0.25, 0.3) is 0 Å². The van der Waals surface area contributed by atoms with Crippen molar-refractivity contribution >= 4 is 11.0 Å². The molecule has 0 bridgehead atoms. The normalized spacial score (nSPS) is 12.8. The summed E-state index contributed by atoms with van der Waals surface area (Å²) >= 11 is 0. The number of rotatable bonds is 3. The third-order valence-electron chi connectivity index (χ3n) is 3.54. The van der Waals surface area contributed by atoms with Crippen molar-refractivity contribution in [1.29, 1.82) is 0 Å². The Balaban J connectivity index is 2.11. The van der Waals surface area contributed by atoms with Crippen LogP contribution in [0.15, 0.2) is 46.9 Å². The number of fused-ring (bicyclic) bond motifs is 1. The van der Waals surface area contributed by atoms with Gasteiger partial charge in [-0.25, -0.2) is 9.82 Å². The van der Waals surface area contributed by atoms with E-state index in [1.165, 1.54) is 6.07 Å². The predicted octanol–water partition coefficient (Wildman–Crippen LogP) is 3.74. The lowest BCUT2D eigenvalue weighted by Gasteiger charge is -2.15. The minimum absolute atomic E-state index is 0.261. The molecule has 108 valence electrons. The molecule has 1 atom stereocenters. The summed E-state index contributed by atoms with van der Waals surface area (Å²) in [6.07, 6.45) is 0. The van der Waals surface area contributed by atoms with E-state index in [9.17, 15) is 4.39 Å². The number of nitrogens with one attached hydrogen (secondary N) is 1. The number of benzene rings is 2. The lowest BCUT2D eigenvalue weighted by molar-refractivity contribution is 0.465. The molecule has 0 aliphatic heterocycles. The number of nitrogens with two attached hydrogens (primary N) is 1. The Morgan fingerprint density at radius 3 is 2.43 bits per heavy atom. The van der Waals surface area contributed by atoms with Gasteiger partial charge in [-0.1, -0.05) is 41.5 Å². The Hall–Kier alpha value is -2.17. The van der Waals surface area contributed by atoms with Gasteiger partial charge >= 0.3 is 0 Å². The molecule has 3 nitrogen and oxygen atoms in total. The molecule has 3 rings (SSSR count). The Morgan fingerprint density at radius 1 is 1.10 bits per heavy atom. The van der Waals surface area contributed by atoms with Gasteiger partial charge < -0.3 is 4.42 Å². The van der Waals surface area contributed by atoms with E-state index in [1.54, 1.807) is 6.07 Å². The van der Waals surface area contributed by atoms with Gasteiger partial charge in [0.2, 0.25) is 0 Å². The number of para-hydroxylation sites is 1. The van der Waals surface area contributed by atoms with Crippen molar-refractivity contribution < 1.29 is 8.81 Å². The Morgan fingerprint density at radius 2 is 1.81 bits per heavy atom. The van der Waals surface area contributed by atoms with Crippen molar-refractivity contribution in [3.63, 3.8) is 0 Å². The van der Waals surface area contributed by atoms with Gasteiger partial charge in [-0.05, 0) is 31.5 Å². The van der Waals surface area contributed by atoms with Gasteiger partial charge in [-0.15, -0.1) is 0 Å². The second kappa shape index (κ2) is 5.31. The van der Waals surface area contributed by atoms with E-state index < -0.39 is 0 Å². The Bertz CT molecular complexity index is 774. The number of aryl methyl sites for hydroxylation is 2. The summed E-state index contributed by atoms with van der Waals surface area (Å²) in [5, 5.41) is 0.731. The molecule has 0 amide bonds. The van der Waals surface area contributed by atoms with Crippen LogP contribution in [-0.2, 0) is 0 Å². The molecule has 2 aromatic carbocycles. The average Bonchev–Trinajstić information content (AvgIpc) is 2.83. The molecule has 0 radical (unpaired) electrons. The van der Waals surface area contributed by atoms with E-state index >= 15 is 0 Å². The number of hydrogen-bond acceptors (Lipinski definition) is 3. The monoisotopic (exact) mass is 284 g/mol. The summed E-state index contributed by atoms with van der Waals surface area (Å²) in [6, 6.07) is 12.6. The van der Waals surface area contributed by atoms with Gasteiger partial charge in [0.05, 0.1) is 0 Å². The first-order valence-electron chi connectivity index (χ1n) is 6.81. The topological polar surface area (TPSA) is 51.2 Å². The van der Waals surface area contributed by atoms with Crippen LogP contribution < -0.4 is 11.3 Å². The number of halogens is 1. The average molecular weight is 284 g/mol. The number of furan rings is 1. The molecule has 1 heterocycles. The molecular weight excluding hydrogens is 267 g/mol. The van der Waals surface area contributed by atoms with Crippen LogP contribution in [0.1, 0.15) is 28.5 Å². The summed E-state index contributed by atoms with van der Waals surface area (Å²) in [7, 11) is 0. The summed E-state index contributed by atoms with van der Waals surface area (Å²) in [5.41, 5.74) is 6.30. The molecule has 3 aromatic rings. The zero-order valence-electron chi connectivity index (χ0n) is 12.0. The van der Waals surface area contributed by atoms with E-state index in [-0.39, 0.29) is 17.4 Å². The van der Waals surface area contributed by atoms with Crippen LogP contribution in [0.4, 0.5) is 4.39 Å². The summed E-state index contributed by atoms with van der Waals surface area (Å²) in [4.78, 5) is 0. The predicted molar refractivity (Wildman–Crippen MR) is 81.3 cm³/mol. The third kappa shape index (κ3) is 2.55. The van der Waals surface area contributed by atoms with Crippen molar-refractivity contribution in [2.45, 2.75) is 19.9 Å².